The van der Waals surface area contributed by atoms with Gasteiger partial charge in [0.05, 0.1) is 22.4 Å². The Morgan fingerprint density at radius 3 is 2.49 bits per heavy atom. The molecule has 0 aliphatic heterocycles. The minimum Gasteiger partial charge on any atom is -0.494 e. The number of benzene rings is 2. The molecule has 0 spiro atoms. The minimum absolute atomic E-state index is 0.129. The zero-order valence-electron chi connectivity index (χ0n) is 19.4. The Bertz CT molecular complexity index is 1400. The van der Waals surface area contributed by atoms with Crippen LogP contribution in [-0.4, -0.2) is 31.1 Å². The third kappa shape index (κ3) is 5.06. The Balaban J connectivity index is 1.76. The molecule has 35 heavy (non-hydrogen) atoms. The average molecular weight is 483 g/mol. The Morgan fingerprint density at radius 1 is 1.14 bits per heavy atom. The summed E-state index contributed by atoms with van der Waals surface area (Å²) in [6.07, 6.45) is -1.08. The summed E-state index contributed by atoms with van der Waals surface area (Å²) in [5, 5.41) is 19.7. The second-order valence-corrected chi connectivity index (χ2v) is 8.36. The van der Waals surface area contributed by atoms with E-state index in [4.69, 9.17) is 0 Å². The number of hydrazone groups is 1. The fourth-order valence-electron chi connectivity index (χ4n) is 4.06. The number of hydrogen-bond acceptors (Lipinski definition) is 4. The molecule has 1 amide bonds. The highest BCUT2D eigenvalue weighted by Gasteiger charge is 2.32. The molecule has 0 saturated carbocycles. The van der Waals surface area contributed by atoms with Crippen molar-refractivity contribution in [3.8, 4) is 11.6 Å². The van der Waals surface area contributed by atoms with Crippen LogP contribution < -0.4 is 5.43 Å². The molecule has 0 bridgehead atoms. The second-order valence-electron chi connectivity index (χ2n) is 8.36. The number of hydrogen-bond donors (Lipinski definition) is 2. The Labute approximate surface area is 199 Å². The van der Waals surface area contributed by atoms with E-state index in [0.29, 0.717) is 17.6 Å². The van der Waals surface area contributed by atoms with Gasteiger partial charge in [-0.15, -0.1) is 0 Å². The predicted molar refractivity (Wildman–Crippen MR) is 127 cm³/mol. The number of alkyl halides is 3. The first-order chi connectivity index (χ1) is 16.5. The molecule has 2 heterocycles. The van der Waals surface area contributed by atoms with Crippen molar-refractivity contribution in [3.63, 3.8) is 0 Å². The highest BCUT2D eigenvalue weighted by atomic mass is 19.4. The first kappa shape index (κ1) is 24.1. The third-order valence-corrected chi connectivity index (χ3v) is 5.57. The zero-order valence-corrected chi connectivity index (χ0v) is 19.4. The largest absolute Gasteiger partial charge is 0.494 e. The molecule has 10 heteroatoms. The summed E-state index contributed by atoms with van der Waals surface area (Å²) in [7, 11) is 0. The van der Waals surface area contributed by atoms with Gasteiger partial charge in [-0.3, -0.25) is 14.0 Å². The van der Waals surface area contributed by atoms with E-state index in [9.17, 15) is 23.1 Å². The second kappa shape index (κ2) is 9.28. The number of nitrogens with one attached hydrogen (secondary N) is 1. The zero-order chi connectivity index (χ0) is 25.3. The number of carbonyl (C=O) groups is 1. The first-order valence-electron chi connectivity index (χ1n) is 10.9. The summed E-state index contributed by atoms with van der Waals surface area (Å²) in [4.78, 5) is 12.2. The third-order valence-electron chi connectivity index (χ3n) is 5.57. The van der Waals surface area contributed by atoms with Crippen LogP contribution in [0.25, 0.3) is 16.6 Å². The highest BCUT2D eigenvalue weighted by molar-refractivity contribution is 6.13. The van der Waals surface area contributed by atoms with Crippen LogP contribution in [0.2, 0.25) is 0 Å². The lowest BCUT2D eigenvalue weighted by molar-refractivity contribution is -0.137. The molecule has 2 aromatic carbocycles. The molecule has 0 radical (unpaired) electrons. The number of halogens is 3. The maximum atomic E-state index is 13.5. The summed E-state index contributed by atoms with van der Waals surface area (Å²) in [5.74, 6) is -0.631. The minimum atomic E-state index is -4.55. The lowest BCUT2D eigenvalue weighted by Gasteiger charge is -2.11. The molecule has 182 valence electrons. The average Bonchev–Trinajstić information content (AvgIpc) is 3.39. The first-order valence-corrected chi connectivity index (χ1v) is 10.9. The molecular weight excluding hydrogens is 459 g/mol. The summed E-state index contributed by atoms with van der Waals surface area (Å²) < 4.78 is 43.4. The smallest absolute Gasteiger partial charge is 0.416 e. The summed E-state index contributed by atoms with van der Waals surface area (Å²) in [6, 6.07) is 10.5. The fraction of sp³-hybridized carbons (Fsp3) is 0.240. The normalized spacial score (nSPS) is 12.3. The number of nitrogens with zero attached hydrogens (tertiary/aromatic N) is 4. The van der Waals surface area contributed by atoms with Crippen molar-refractivity contribution in [1.29, 1.82) is 0 Å². The number of aromatic hydroxyl groups is 1. The van der Waals surface area contributed by atoms with Crippen LogP contribution in [0.3, 0.4) is 0 Å². The summed E-state index contributed by atoms with van der Waals surface area (Å²) in [5.41, 5.74) is 4.59. The molecule has 0 saturated heterocycles. The van der Waals surface area contributed by atoms with Crippen LogP contribution in [0.15, 0.2) is 60.0 Å². The van der Waals surface area contributed by atoms with Crippen LogP contribution in [-0.2, 0) is 17.5 Å². The predicted octanol–water partition coefficient (Wildman–Crippen LogP) is 5.10. The summed E-state index contributed by atoms with van der Waals surface area (Å²) >= 11 is 0. The van der Waals surface area contributed by atoms with E-state index in [1.54, 1.807) is 42.2 Å². The molecule has 0 aliphatic rings. The van der Waals surface area contributed by atoms with E-state index in [1.807, 2.05) is 19.9 Å². The van der Waals surface area contributed by atoms with Crippen LogP contribution >= 0.6 is 0 Å². The molecule has 4 rings (SSSR count). The van der Waals surface area contributed by atoms with Gasteiger partial charge in [-0.05, 0) is 62.2 Å². The van der Waals surface area contributed by atoms with Crippen molar-refractivity contribution in [1.82, 2.24) is 19.8 Å². The maximum Gasteiger partial charge on any atom is 0.416 e. The van der Waals surface area contributed by atoms with Gasteiger partial charge in [0.2, 0.25) is 11.8 Å². The number of fused-ring (bicyclic) bond motifs is 1. The van der Waals surface area contributed by atoms with Crippen molar-refractivity contribution in [2.75, 3.05) is 0 Å². The van der Waals surface area contributed by atoms with E-state index in [1.165, 1.54) is 10.6 Å². The van der Waals surface area contributed by atoms with Crippen molar-refractivity contribution < 1.29 is 23.1 Å². The monoisotopic (exact) mass is 483 g/mol. The lowest BCUT2D eigenvalue weighted by atomic mass is 10.1. The molecule has 2 N–H and O–H groups in total. The topological polar surface area (TPSA) is 84.4 Å². The van der Waals surface area contributed by atoms with Gasteiger partial charge in [-0.25, -0.2) is 5.43 Å². The van der Waals surface area contributed by atoms with E-state index in [2.05, 4.69) is 15.6 Å². The molecular formula is C25H24F3N5O2. The van der Waals surface area contributed by atoms with Crippen molar-refractivity contribution in [3.05, 3.63) is 77.1 Å². The van der Waals surface area contributed by atoms with Gasteiger partial charge in [-0.2, -0.15) is 23.4 Å². The van der Waals surface area contributed by atoms with E-state index < -0.39 is 11.7 Å². The molecule has 0 fully saturated rings. The van der Waals surface area contributed by atoms with Crippen LogP contribution in [0, 0.1) is 13.8 Å². The quantitative estimate of drug-likeness (QED) is 0.296. The number of amides is 1. The van der Waals surface area contributed by atoms with E-state index in [-0.39, 0.29) is 35.0 Å². The number of aryl methyl sites for hydroxylation is 3. The lowest BCUT2D eigenvalue weighted by Crippen LogP contribution is -2.21. The van der Waals surface area contributed by atoms with E-state index in [0.717, 1.165) is 23.3 Å². The van der Waals surface area contributed by atoms with Gasteiger partial charge >= 0.3 is 6.18 Å². The Morgan fingerprint density at radius 2 is 1.86 bits per heavy atom. The number of rotatable bonds is 6. The van der Waals surface area contributed by atoms with Crippen LogP contribution in [0.1, 0.15) is 35.6 Å². The van der Waals surface area contributed by atoms with Crippen molar-refractivity contribution >= 4 is 22.5 Å². The molecule has 7 nitrogen and oxygen atoms in total. The molecule has 0 unspecified atom stereocenters. The Kier molecular flexibility index (Phi) is 6.38. The van der Waals surface area contributed by atoms with Gasteiger partial charge in [0, 0.05) is 36.4 Å². The molecule has 0 atom stereocenters. The molecule has 2 aromatic heterocycles. The van der Waals surface area contributed by atoms with Crippen molar-refractivity contribution in [2.45, 2.75) is 39.9 Å². The number of aromatic nitrogens is 3. The SMILES string of the molecule is CC(=NNC(=O)CCn1cccn1)c1c(O)n(-c2cc(C)cc(C)c2)c2cc(C(F)(F)F)ccc12. The van der Waals surface area contributed by atoms with Gasteiger partial charge in [0.1, 0.15) is 0 Å². The van der Waals surface area contributed by atoms with Gasteiger partial charge in [0.15, 0.2) is 0 Å². The van der Waals surface area contributed by atoms with Gasteiger partial charge in [0.25, 0.3) is 0 Å². The Hall–Kier alpha value is -4.08. The molecule has 4 aromatic rings. The van der Waals surface area contributed by atoms with E-state index >= 15 is 0 Å². The fourth-order valence-corrected chi connectivity index (χ4v) is 4.06. The van der Waals surface area contributed by atoms with Crippen molar-refractivity contribution in [2.24, 2.45) is 5.10 Å². The van der Waals surface area contributed by atoms with Crippen LogP contribution in [0.4, 0.5) is 13.2 Å². The molecule has 0 aliphatic carbocycles. The van der Waals surface area contributed by atoms with Crippen LogP contribution in [0.5, 0.6) is 5.88 Å². The summed E-state index contributed by atoms with van der Waals surface area (Å²) in [6.45, 7) is 5.68. The van der Waals surface area contributed by atoms with Gasteiger partial charge in [-0.1, -0.05) is 12.1 Å². The highest BCUT2D eigenvalue weighted by Crippen LogP contribution is 2.39. The standard InChI is InChI=1S/C25H24F3N5O2/c1-15-11-16(2)13-19(12-15)33-21-14-18(25(26,27)28)5-6-20(21)23(24(33)35)17(3)30-31-22(34)7-10-32-9-4-8-29-32/h4-6,8-9,11-14,35H,7,10H2,1-3H3,(H,31,34). The van der Waals surface area contributed by atoms with Gasteiger partial charge < -0.3 is 5.11 Å². The maximum absolute atomic E-state index is 13.5. The number of carbonyl (C=O) groups excluding carboxylic acids is 1.